The molecule has 0 spiro atoms. The molecule has 3 aromatic rings. The number of carbonyl (C=O) groups excluding carboxylic acids is 1. The zero-order valence-electron chi connectivity index (χ0n) is 11.6. The van der Waals surface area contributed by atoms with Crippen molar-refractivity contribution in [2.75, 3.05) is 0 Å². The molecule has 0 saturated carbocycles. The summed E-state index contributed by atoms with van der Waals surface area (Å²) in [6.45, 7) is 0. The van der Waals surface area contributed by atoms with Gasteiger partial charge in [0, 0.05) is 40.0 Å². The first-order chi connectivity index (χ1) is 10.8. The largest absolute Gasteiger partial charge is 0.289 e. The lowest BCUT2D eigenvalue weighted by molar-refractivity contribution is 0.105. The number of rotatable bonds is 1. The maximum atomic E-state index is 12.9. The van der Waals surface area contributed by atoms with E-state index in [9.17, 15) is 10.1 Å². The summed E-state index contributed by atoms with van der Waals surface area (Å²) in [6, 6.07) is 17.2. The Labute approximate surface area is 127 Å². The van der Waals surface area contributed by atoms with E-state index in [1.165, 1.54) is 0 Å². The minimum Gasteiger partial charge on any atom is -0.289 e. The van der Waals surface area contributed by atoms with Crippen LogP contribution in [0.15, 0.2) is 60.9 Å². The van der Waals surface area contributed by atoms with Crippen molar-refractivity contribution >= 4 is 27.7 Å². The van der Waals surface area contributed by atoms with E-state index in [4.69, 9.17) is 0 Å². The van der Waals surface area contributed by atoms with Gasteiger partial charge >= 0.3 is 0 Å². The minimum absolute atomic E-state index is 0.117. The summed E-state index contributed by atoms with van der Waals surface area (Å²) in [6.07, 6.45) is 3.27. The van der Waals surface area contributed by atoms with Gasteiger partial charge in [0.25, 0.3) is 0 Å². The average Bonchev–Trinajstić information content (AvgIpc) is 2.58. The third-order valence-corrected chi connectivity index (χ3v) is 3.96. The third kappa shape index (κ3) is 1.61. The molecule has 22 heavy (non-hydrogen) atoms. The maximum absolute atomic E-state index is 12.9. The van der Waals surface area contributed by atoms with Gasteiger partial charge in [0.05, 0.1) is 5.57 Å². The van der Waals surface area contributed by atoms with Crippen molar-refractivity contribution in [3.8, 4) is 6.07 Å². The van der Waals surface area contributed by atoms with Gasteiger partial charge in [0.1, 0.15) is 6.07 Å². The molecule has 0 bridgehead atoms. The molecule has 4 rings (SSSR count). The average molecular weight is 282 g/mol. The Kier molecular flexibility index (Phi) is 2.64. The fraction of sp³-hybridized carbons (Fsp3) is 0. The Morgan fingerprint density at radius 2 is 1.73 bits per heavy atom. The van der Waals surface area contributed by atoms with Gasteiger partial charge in [0.15, 0.2) is 5.78 Å². The van der Waals surface area contributed by atoms with Crippen molar-refractivity contribution in [1.29, 1.82) is 5.26 Å². The van der Waals surface area contributed by atoms with Crippen LogP contribution in [0, 0.1) is 11.3 Å². The summed E-state index contributed by atoms with van der Waals surface area (Å²) < 4.78 is 0. The number of hydrogen-bond donors (Lipinski definition) is 0. The highest BCUT2D eigenvalue weighted by Gasteiger charge is 2.28. The maximum Gasteiger partial charge on any atom is 0.195 e. The van der Waals surface area contributed by atoms with Gasteiger partial charge in [-0.15, -0.1) is 0 Å². The number of ketones is 1. The lowest BCUT2D eigenvalue weighted by Crippen LogP contribution is -2.11. The second kappa shape index (κ2) is 4.64. The summed E-state index contributed by atoms with van der Waals surface area (Å²) in [7, 11) is 0. The van der Waals surface area contributed by atoms with Crippen molar-refractivity contribution in [3.63, 3.8) is 0 Å². The predicted molar refractivity (Wildman–Crippen MR) is 84.9 cm³/mol. The number of Topliss-reactive ketones (excluding diaryl/α,β-unsaturated/α-hetero) is 1. The highest BCUT2D eigenvalue weighted by Crippen LogP contribution is 2.39. The van der Waals surface area contributed by atoms with Gasteiger partial charge in [-0.1, -0.05) is 42.5 Å². The molecule has 0 atom stereocenters. The number of aromatic nitrogens is 1. The minimum atomic E-state index is -0.117. The van der Waals surface area contributed by atoms with Gasteiger partial charge in [-0.05, 0) is 11.5 Å². The molecule has 102 valence electrons. The first kappa shape index (κ1) is 12.5. The molecule has 0 saturated heterocycles. The number of benzene rings is 2. The van der Waals surface area contributed by atoms with E-state index in [1.807, 2.05) is 42.5 Å². The first-order valence-corrected chi connectivity index (χ1v) is 6.93. The van der Waals surface area contributed by atoms with E-state index in [1.54, 1.807) is 18.5 Å². The van der Waals surface area contributed by atoms with E-state index in [2.05, 4.69) is 11.1 Å². The molecule has 0 N–H and O–H groups in total. The zero-order chi connectivity index (χ0) is 15.1. The van der Waals surface area contributed by atoms with Crippen molar-refractivity contribution < 1.29 is 4.79 Å². The molecule has 1 aliphatic carbocycles. The second-order valence-electron chi connectivity index (χ2n) is 5.14. The van der Waals surface area contributed by atoms with Crippen LogP contribution in [0.4, 0.5) is 0 Å². The Balaban J connectivity index is 2.16. The number of allylic oxidation sites excluding steroid dienone is 2. The second-order valence-corrected chi connectivity index (χ2v) is 5.14. The predicted octanol–water partition coefficient (Wildman–Crippen LogP) is 3.87. The van der Waals surface area contributed by atoms with Crippen LogP contribution < -0.4 is 0 Å². The van der Waals surface area contributed by atoms with Crippen LogP contribution in [-0.2, 0) is 0 Å². The molecule has 1 aliphatic rings. The topological polar surface area (TPSA) is 53.8 Å². The lowest BCUT2D eigenvalue weighted by atomic mass is 9.81. The van der Waals surface area contributed by atoms with E-state index in [0.717, 1.165) is 16.3 Å². The van der Waals surface area contributed by atoms with E-state index in [-0.39, 0.29) is 5.78 Å². The fourth-order valence-corrected chi connectivity index (χ4v) is 3.02. The molecule has 0 amide bonds. The van der Waals surface area contributed by atoms with Crippen molar-refractivity contribution in [2.24, 2.45) is 0 Å². The molecule has 1 aromatic heterocycles. The van der Waals surface area contributed by atoms with Crippen LogP contribution in [0.1, 0.15) is 21.5 Å². The fourth-order valence-electron chi connectivity index (χ4n) is 3.02. The van der Waals surface area contributed by atoms with Crippen LogP contribution in [-0.4, -0.2) is 10.8 Å². The highest BCUT2D eigenvalue weighted by molar-refractivity contribution is 6.42. The Morgan fingerprint density at radius 3 is 2.41 bits per heavy atom. The van der Waals surface area contributed by atoms with Crippen molar-refractivity contribution in [3.05, 3.63) is 77.6 Å². The SMILES string of the molecule is N#CC1=C(c2cccnc2)C(=O)c2cccc3cccc1c23. The molecular formula is C19H10N2O. The van der Waals surface area contributed by atoms with Crippen LogP contribution in [0.25, 0.3) is 21.9 Å². The quantitative estimate of drug-likeness (QED) is 0.681. The molecule has 1 heterocycles. The van der Waals surface area contributed by atoms with Gasteiger partial charge < -0.3 is 0 Å². The summed E-state index contributed by atoms with van der Waals surface area (Å²) in [5.41, 5.74) is 2.99. The molecule has 2 aromatic carbocycles. The lowest BCUT2D eigenvalue weighted by Gasteiger charge is -2.19. The molecule has 0 unspecified atom stereocenters. The Bertz CT molecular complexity index is 990. The van der Waals surface area contributed by atoms with E-state index < -0.39 is 0 Å². The van der Waals surface area contributed by atoms with Gasteiger partial charge in [-0.25, -0.2) is 0 Å². The molecule has 3 heteroatoms. The highest BCUT2D eigenvalue weighted by atomic mass is 16.1. The Morgan fingerprint density at radius 1 is 0.955 bits per heavy atom. The van der Waals surface area contributed by atoms with Gasteiger partial charge in [-0.2, -0.15) is 5.26 Å². The summed E-state index contributed by atoms with van der Waals surface area (Å²) in [5, 5.41) is 11.5. The summed E-state index contributed by atoms with van der Waals surface area (Å²) in [5.74, 6) is -0.117. The summed E-state index contributed by atoms with van der Waals surface area (Å²) in [4.78, 5) is 17.0. The molecule has 3 nitrogen and oxygen atoms in total. The van der Waals surface area contributed by atoms with Crippen LogP contribution in [0.2, 0.25) is 0 Å². The number of nitrogens with zero attached hydrogens (tertiary/aromatic N) is 2. The van der Waals surface area contributed by atoms with E-state index in [0.29, 0.717) is 22.3 Å². The number of hydrogen-bond acceptors (Lipinski definition) is 3. The van der Waals surface area contributed by atoms with Crippen LogP contribution >= 0.6 is 0 Å². The third-order valence-electron chi connectivity index (χ3n) is 3.96. The van der Waals surface area contributed by atoms with Crippen molar-refractivity contribution in [1.82, 2.24) is 4.98 Å². The van der Waals surface area contributed by atoms with Crippen LogP contribution in [0.5, 0.6) is 0 Å². The van der Waals surface area contributed by atoms with Crippen LogP contribution in [0.3, 0.4) is 0 Å². The monoisotopic (exact) mass is 282 g/mol. The first-order valence-electron chi connectivity index (χ1n) is 6.93. The van der Waals surface area contributed by atoms with Gasteiger partial charge in [-0.3, -0.25) is 9.78 Å². The van der Waals surface area contributed by atoms with E-state index >= 15 is 0 Å². The molecular weight excluding hydrogens is 272 g/mol. The standard InChI is InChI=1S/C19H10N2O/c20-10-16-14-7-1-4-12-5-2-8-15(17(12)14)19(22)18(16)13-6-3-9-21-11-13/h1-9,11H. The van der Waals surface area contributed by atoms with Gasteiger partial charge in [0.2, 0.25) is 0 Å². The number of pyridine rings is 1. The van der Waals surface area contributed by atoms with Crippen molar-refractivity contribution in [2.45, 2.75) is 0 Å². The number of nitriles is 1. The Hall–Kier alpha value is -3.25. The molecule has 0 radical (unpaired) electrons. The molecule has 0 fully saturated rings. The zero-order valence-corrected chi connectivity index (χ0v) is 11.6. The molecule has 0 aliphatic heterocycles. The number of carbonyl (C=O) groups is 1. The summed E-state index contributed by atoms with van der Waals surface area (Å²) >= 11 is 0. The smallest absolute Gasteiger partial charge is 0.195 e. The normalized spacial score (nSPS) is 13.3.